The summed E-state index contributed by atoms with van der Waals surface area (Å²) in [5.41, 5.74) is 1.98. The van der Waals surface area contributed by atoms with Crippen LogP contribution in [0.5, 0.6) is 0 Å². The van der Waals surface area contributed by atoms with E-state index in [1.54, 1.807) is 12.4 Å². The van der Waals surface area contributed by atoms with E-state index < -0.39 is 0 Å². The molecule has 1 aliphatic rings. The normalized spacial score (nSPS) is 14.6. The Kier molecular flexibility index (Phi) is 5.65. The largest absolute Gasteiger partial charge is 0.353 e. The first kappa shape index (κ1) is 18.1. The number of hydrogen-bond donors (Lipinski definition) is 1. The third-order valence-corrected chi connectivity index (χ3v) is 4.43. The minimum atomic E-state index is -0.0322. The van der Waals surface area contributed by atoms with Gasteiger partial charge in [-0.05, 0) is 18.6 Å². The number of pyridine rings is 1. The zero-order valence-electron chi connectivity index (χ0n) is 15.6. The fourth-order valence-electron chi connectivity index (χ4n) is 2.93. The van der Waals surface area contributed by atoms with Crippen LogP contribution in [-0.2, 0) is 6.54 Å². The molecule has 0 unspecified atom stereocenters. The molecule has 2 aromatic rings. The van der Waals surface area contributed by atoms with Gasteiger partial charge in [0.1, 0.15) is 11.6 Å². The van der Waals surface area contributed by atoms with Crippen molar-refractivity contribution in [2.45, 2.75) is 33.2 Å². The first-order chi connectivity index (χ1) is 12.5. The van der Waals surface area contributed by atoms with Crippen molar-refractivity contribution in [2.24, 2.45) is 0 Å². The number of carbonyl (C=O) groups excluding carboxylic acids is 1. The Hall–Kier alpha value is -2.70. The molecule has 3 rings (SSSR count). The molecule has 7 nitrogen and oxygen atoms in total. The van der Waals surface area contributed by atoms with Crippen molar-refractivity contribution in [3.63, 3.8) is 0 Å². The van der Waals surface area contributed by atoms with Crippen LogP contribution in [0.1, 0.15) is 36.8 Å². The van der Waals surface area contributed by atoms with Crippen molar-refractivity contribution in [1.29, 1.82) is 0 Å². The zero-order chi connectivity index (χ0) is 18.5. The molecule has 0 saturated carbocycles. The first-order valence-corrected chi connectivity index (χ1v) is 9.05. The number of urea groups is 1. The van der Waals surface area contributed by atoms with Crippen LogP contribution in [0.25, 0.3) is 0 Å². The summed E-state index contributed by atoms with van der Waals surface area (Å²) >= 11 is 0. The number of nitrogens with zero attached hydrogens (tertiary/aromatic N) is 5. The van der Waals surface area contributed by atoms with Gasteiger partial charge < -0.3 is 15.1 Å². The van der Waals surface area contributed by atoms with Crippen molar-refractivity contribution >= 4 is 11.8 Å². The van der Waals surface area contributed by atoms with E-state index in [1.807, 2.05) is 30.0 Å². The van der Waals surface area contributed by atoms with Gasteiger partial charge in [-0.2, -0.15) is 0 Å². The van der Waals surface area contributed by atoms with Crippen LogP contribution in [0, 0.1) is 6.92 Å². The molecule has 0 atom stereocenters. The van der Waals surface area contributed by atoms with E-state index >= 15 is 0 Å². The number of piperazine rings is 1. The average molecular weight is 354 g/mol. The predicted molar refractivity (Wildman–Crippen MR) is 101 cm³/mol. The molecule has 0 aliphatic carbocycles. The first-order valence-electron chi connectivity index (χ1n) is 9.05. The van der Waals surface area contributed by atoms with Gasteiger partial charge in [-0.15, -0.1) is 0 Å². The number of anilines is 1. The maximum absolute atomic E-state index is 12.4. The van der Waals surface area contributed by atoms with Gasteiger partial charge >= 0.3 is 6.03 Å². The molecule has 0 aromatic carbocycles. The summed E-state index contributed by atoms with van der Waals surface area (Å²) < 4.78 is 0. The van der Waals surface area contributed by atoms with Crippen LogP contribution >= 0.6 is 0 Å². The predicted octanol–water partition coefficient (Wildman–Crippen LogP) is 2.34. The highest BCUT2D eigenvalue weighted by molar-refractivity contribution is 5.74. The van der Waals surface area contributed by atoms with E-state index in [0.29, 0.717) is 25.6 Å². The van der Waals surface area contributed by atoms with Crippen LogP contribution in [-0.4, -0.2) is 52.1 Å². The average Bonchev–Trinajstić information content (AvgIpc) is 2.66. The minimum Gasteiger partial charge on any atom is -0.353 e. The SMILES string of the molecule is Cc1cc(N2CCN(C(=O)NCc3cccnc3)CC2)nc(C(C)C)n1. The third-order valence-electron chi connectivity index (χ3n) is 4.43. The molecule has 2 amide bonds. The van der Waals surface area contributed by atoms with Crippen LogP contribution in [0.4, 0.5) is 10.6 Å². The molecule has 0 radical (unpaired) electrons. The molecular weight excluding hydrogens is 328 g/mol. The van der Waals surface area contributed by atoms with E-state index in [9.17, 15) is 4.79 Å². The lowest BCUT2D eigenvalue weighted by Gasteiger charge is -2.35. The van der Waals surface area contributed by atoms with Gasteiger partial charge in [0.25, 0.3) is 0 Å². The summed E-state index contributed by atoms with van der Waals surface area (Å²) in [6, 6.07) is 5.81. The Labute approximate surface area is 154 Å². The standard InChI is InChI=1S/C19H26N6O/c1-14(2)18-22-15(3)11-17(23-18)24-7-9-25(10-8-24)19(26)21-13-16-5-4-6-20-12-16/h4-6,11-12,14H,7-10,13H2,1-3H3,(H,21,26). The number of hydrogen-bond acceptors (Lipinski definition) is 5. The highest BCUT2D eigenvalue weighted by atomic mass is 16.2. The summed E-state index contributed by atoms with van der Waals surface area (Å²) in [6.07, 6.45) is 3.49. The summed E-state index contributed by atoms with van der Waals surface area (Å²) in [5.74, 6) is 2.13. The van der Waals surface area contributed by atoms with Gasteiger partial charge in [-0.3, -0.25) is 4.98 Å². The monoisotopic (exact) mass is 354 g/mol. The van der Waals surface area contributed by atoms with Gasteiger partial charge in [0, 0.05) is 62.8 Å². The number of nitrogens with one attached hydrogen (secondary N) is 1. The molecule has 0 bridgehead atoms. The van der Waals surface area contributed by atoms with Crippen LogP contribution in [0.15, 0.2) is 30.6 Å². The van der Waals surface area contributed by atoms with E-state index in [2.05, 4.69) is 34.0 Å². The second-order valence-corrected chi connectivity index (χ2v) is 6.87. The Morgan fingerprint density at radius 3 is 2.65 bits per heavy atom. The lowest BCUT2D eigenvalue weighted by molar-refractivity contribution is 0.194. The van der Waals surface area contributed by atoms with Gasteiger partial charge in [-0.1, -0.05) is 19.9 Å². The second-order valence-electron chi connectivity index (χ2n) is 6.87. The Balaban J connectivity index is 1.55. The van der Waals surface area contributed by atoms with Crippen molar-refractivity contribution in [3.05, 3.63) is 47.7 Å². The number of aromatic nitrogens is 3. The fraction of sp³-hybridized carbons (Fsp3) is 0.474. The molecular formula is C19H26N6O. The maximum atomic E-state index is 12.4. The number of aryl methyl sites for hydroxylation is 1. The van der Waals surface area contributed by atoms with Crippen molar-refractivity contribution in [3.8, 4) is 0 Å². The van der Waals surface area contributed by atoms with Gasteiger partial charge in [0.2, 0.25) is 0 Å². The lowest BCUT2D eigenvalue weighted by atomic mass is 10.2. The maximum Gasteiger partial charge on any atom is 0.317 e. The van der Waals surface area contributed by atoms with Crippen LogP contribution in [0.2, 0.25) is 0 Å². The van der Waals surface area contributed by atoms with Gasteiger partial charge in [-0.25, -0.2) is 14.8 Å². The van der Waals surface area contributed by atoms with Crippen LogP contribution < -0.4 is 10.2 Å². The van der Waals surface area contributed by atoms with Crippen molar-refractivity contribution in [2.75, 3.05) is 31.1 Å². The third kappa shape index (κ3) is 4.47. The van der Waals surface area contributed by atoms with Crippen molar-refractivity contribution < 1.29 is 4.79 Å². The van der Waals surface area contributed by atoms with Crippen molar-refractivity contribution in [1.82, 2.24) is 25.2 Å². The summed E-state index contributed by atoms with van der Waals surface area (Å²) in [7, 11) is 0. The molecule has 26 heavy (non-hydrogen) atoms. The van der Waals surface area contributed by atoms with E-state index in [1.165, 1.54) is 0 Å². The summed E-state index contributed by atoms with van der Waals surface area (Å²) in [4.78, 5) is 29.7. The smallest absolute Gasteiger partial charge is 0.317 e. The fourth-order valence-corrected chi connectivity index (χ4v) is 2.93. The zero-order valence-corrected chi connectivity index (χ0v) is 15.6. The molecule has 2 aromatic heterocycles. The van der Waals surface area contributed by atoms with E-state index in [0.717, 1.165) is 36.0 Å². The topological polar surface area (TPSA) is 74.2 Å². The lowest BCUT2D eigenvalue weighted by Crippen LogP contribution is -2.52. The van der Waals surface area contributed by atoms with Gasteiger partial charge in [0.15, 0.2) is 0 Å². The quantitative estimate of drug-likeness (QED) is 0.912. The van der Waals surface area contributed by atoms with Crippen LogP contribution in [0.3, 0.4) is 0 Å². The number of rotatable bonds is 4. The molecule has 3 heterocycles. The van der Waals surface area contributed by atoms with Gasteiger partial charge in [0.05, 0.1) is 0 Å². The number of carbonyl (C=O) groups is 1. The molecule has 1 aliphatic heterocycles. The molecule has 1 saturated heterocycles. The summed E-state index contributed by atoms with van der Waals surface area (Å²) in [5, 5.41) is 2.96. The second kappa shape index (κ2) is 8.12. The van der Waals surface area contributed by atoms with E-state index in [-0.39, 0.29) is 6.03 Å². The highest BCUT2D eigenvalue weighted by Gasteiger charge is 2.22. The molecule has 1 fully saturated rings. The summed E-state index contributed by atoms with van der Waals surface area (Å²) in [6.45, 7) is 9.60. The Bertz CT molecular complexity index is 741. The molecule has 0 spiro atoms. The minimum absolute atomic E-state index is 0.0322. The number of amides is 2. The molecule has 1 N–H and O–H groups in total. The Morgan fingerprint density at radius 2 is 2.00 bits per heavy atom. The molecule has 7 heteroatoms. The highest BCUT2D eigenvalue weighted by Crippen LogP contribution is 2.18. The molecule has 138 valence electrons. The van der Waals surface area contributed by atoms with E-state index in [4.69, 9.17) is 4.98 Å². The Morgan fingerprint density at radius 1 is 1.23 bits per heavy atom.